The fraction of sp³-hybridized carbons (Fsp3) is 0.429. The Balaban J connectivity index is 1.07. The van der Waals surface area contributed by atoms with E-state index in [1.165, 1.54) is 11.1 Å². The smallest absolute Gasteiger partial charge is 0.237 e. The quantitative estimate of drug-likeness (QED) is 0.294. The van der Waals surface area contributed by atoms with E-state index in [0.717, 1.165) is 72.4 Å². The summed E-state index contributed by atoms with van der Waals surface area (Å²) >= 11 is 1.70. The number of Topliss-reactive ketones (excluding diaryl/α,β-unsaturated/α-hetero) is 1. The van der Waals surface area contributed by atoms with Crippen molar-refractivity contribution in [2.75, 3.05) is 65.6 Å². The van der Waals surface area contributed by atoms with E-state index in [2.05, 4.69) is 54.0 Å². The van der Waals surface area contributed by atoms with Crippen LogP contribution < -0.4 is 0 Å². The third kappa shape index (κ3) is 6.51. The van der Waals surface area contributed by atoms with E-state index in [0.29, 0.717) is 45.8 Å². The highest BCUT2D eigenvalue weighted by Gasteiger charge is 2.45. The number of aromatic nitrogens is 3. The zero-order valence-corrected chi connectivity index (χ0v) is 26.7. The first-order chi connectivity index (χ1) is 22.0. The number of pyridine rings is 1. The number of fused-ring (bicyclic) bond motifs is 1. The number of carbonyl (C=O) groups excluding carboxylic acids is 2. The fourth-order valence-corrected chi connectivity index (χ4v) is 7.76. The molecule has 10 heteroatoms. The molecule has 4 aromatic rings. The zero-order chi connectivity index (χ0) is 30.8. The van der Waals surface area contributed by atoms with E-state index in [4.69, 9.17) is 4.74 Å². The molecule has 6 heterocycles. The Morgan fingerprint density at radius 1 is 1.04 bits per heavy atom. The van der Waals surface area contributed by atoms with Crippen LogP contribution in [0, 0.1) is 12.3 Å². The minimum absolute atomic E-state index is 0.148. The van der Waals surface area contributed by atoms with Crippen LogP contribution in [-0.2, 0) is 20.7 Å². The number of benzene rings is 1. The van der Waals surface area contributed by atoms with Crippen LogP contribution in [0.25, 0.3) is 27.7 Å². The van der Waals surface area contributed by atoms with Crippen LogP contribution in [0.3, 0.4) is 0 Å². The normalized spacial score (nSPS) is 21.4. The Morgan fingerprint density at radius 3 is 2.71 bits per heavy atom. The molecule has 0 aliphatic carbocycles. The van der Waals surface area contributed by atoms with Crippen LogP contribution in [0.1, 0.15) is 29.7 Å². The number of aromatic amines is 1. The summed E-state index contributed by atoms with van der Waals surface area (Å²) in [5.41, 5.74) is 6.81. The molecule has 45 heavy (non-hydrogen) atoms. The molecular weight excluding hydrogens is 584 g/mol. The van der Waals surface area contributed by atoms with Gasteiger partial charge in [0, 0.05) is 68.5 Å². The van der Waals surface area contributed by atoms with Crippen molar-refractivity contribution in [2.45, 2.75) is 26.2 Å². The van der Waals surface area contributed by atoms with Crippen LogP contribution in [-0.4, -0.2) is 107 Å². The molecule has 0 saturated carbocycles. The topological polar surface area (TPSA) is 94.7 Å². The molecule has 2 saturated heterocycles. The van der Waals surface area contributed by atoms with Crippen molar-refractivity contribution in [3.63, 3.8) is 0 Å². The van der Waals surface area contributed by atoms with Crippen LogP contribution in [0.2, 0.25) is 0 Å². The SMILES string of the molecule is Cc1cc(-c2n[nH]c3ccc(CC(=O)C4(CN5CCOCC5)CCN(CC(=O)N5CC=C(c6ccsc6)CC5)C4)cc23)ccn1. The summed E-state index contributed by atoms with van der Waals surface area (Å²) in [7, 11) is 0. The highest BCUT2D eigenvalue weighted by molar-refractivity contribution is 7.08. The molecule has 1 amide bonds. The number of ether oxygens (including phenoxy) is 1. The van der Waals surface area contributed by atoms with Crippen LogP contribution >= 0.6 is 11.3 Å². The van der Waals surface area contributed by atoms with Gasteiger partial charge in [0.25, 0.3) is 0 Å². The van der Waals surface area contributed by atoms with E-state index in [1.807, 2.05) is 36.1 Å². The minimum Gasteiger partial charge on any atom is -0.379 e. The summed E-state index contributed by atoms with van der Waals surface area (Å²) in [5.74, 6) is 0.393. The summed E-state index contributed by atoms with van der Waals surface area (Å²) in [5, 5.41) is 13.0. The lowest BCUT2D eigenvalue weighted by atomic mass is 9.79. The summed E-state index contributed by atoms with van der Waals surface area (Å²) in [6.45, 7) is 8.81. The number of hydrogen-bond acceptors (Lipinski definition) is 8. The second-order valence-electron chi connectivity index (χ2n) is 12.7. The van der Waals surface area contributed by atoms with E-state index in [9.17, 15) is 9.59 Å². The number of nitrogens with zero attached hydrogens (tertiary/aromatic N) is 5. The molecule has 234 valence electrons. The number of carbonyl (C=O) groups is 2. The van der Waals surface area contributed by atoms with Crippen molar-refractivity contribution >= 4 is 39.5 Å². The van der Waals surface area contributed by atoms with E-state index in [-0.39, 0.29) is 11.7 Å². The number of H-pyrrole nitrogens is 1. The molecule has 2 fully saturated rings. The third-order valence-electron chi connectivity index (χ3n) is 9.63. The molecule has 1 N–H and O–H groups in total. The van der Waals surface area contributed by atoms with Crippen LogP contribution in [0.15, 0.2) is 59.4 Å². The van der Waals surface area contributed by atoms with Crippen molar-refractivity contribution < 1.29 is 14.3 Å². The van der Waals surface area contributed by atoms with Gasteiger partial charge in [-0.1, -0.05) is 12.1 Å². The number of ketones is 1. The van der Waals surface area contributed by atoms with Gasteiger partial charge in [-0.15, -0.1) is 0 Å². The van der Waals surface area contributed by atoms with Gasteiger partial charge >= 0.3 is 0 Å². The molecule has 3 aliphatic heterocycles. The second kappa shape index (κ2) is 13.0. The summed E-state index contributed by atoms with van der Waals surface area (Å²) in [6, 6.07) is 12.3. The highest BCUT2D eigenvalue weighted by atomic mass is 32.1. The zero-order valence-electron chi connectivity index (χ0n) is 25.8. The van der Waals surface area contributed by atoms with Crippen molar-refractivity contribution in [3.05, 3.63) is 76.3 Å². The number of amides is 1. The average molecular weight is 625 g/mol. The summed E-state index contributed by atoms with van der Waals surface area (Å²) in [4.78, 5) is 38.6. The lowest BCUT2D eigenvalue weighted by Crippen LogP contribution is -2.49. The third-order valence-corrected chi connectivity index (χ3v) is 10.3. The molecule has 0 spiro atoms. The lowest BCUT2D eigenvalue weighted by Gasteiger charge is -2.36. The first kappa shape index (κ1) is 30.0. The Morgan fingerprint density at radius 2 is 1.93 bits per heavy atom. The Labute approximate surface area is 267 Å². The number of likely N-dealkylation sites (tertiary alicyclic amines) is 1. The minimum atomic E-state index is -0.526. The van der Waals surface area contributed by atoms with Crippen molar-refractivity contribution in [3.8, 4) is 11.3 Å². The molecule has 0 bridgehead atoms. The first-order valence-electron chi connectivity index (χ1n) is 15.9. The van der Waals surface area contributed by atoms with Crippen molar-refractivity contribution in [2.24, 2.45) is 5.41 Å². The molecular formula is C35H40N6O3S. The predicted octanol–water partition coefficient (Wildman–Crippen LogP) is 4.45. The molecule has 1 atom stereocenters. The number of hydrogen-bond donors (Lipinski definition) is 1. The fourth-order valence-electron chi connectivity index (χ4n) is 7.08. The van der Waals surface area contributed by atoms with Crippen LogP contribution in [0.5, 0.6) is 0 Å². The van der Waals surface area contributed by atoms with Gasteiger partial charge in [-0.25, -0.2) is 0 Å². The van der Waals surface area contributed by atoms with Crippen molar-refractivity contribution in [1.82, 2.24) is 29.9 Å². The standard InChI is InChI=1S/C35H40N6O3S/c1-25-18-28(4-9-36-25)34-30-19-26(2-3-31(30)37-38-34)20-32(42)35(23-39-13-15-44-16-14-39)8-12-40(24-35)21-33(43)41-10-5-27(6-11-41)29-7-17-45-22-29/h2-5,7,9,17-19,22H,6,8,10-16,20-21,23-24H2,1H3,(H,37,38). The maximum atomic E-state index is 14.3. The molecule has 9 nitrogen and oxygen atoms in total. The average Bonchev–Trinajstić information content (AvgIpc) is 3.83. The molecule has 7 rings (SSSR count). The highest BCUT2D eigenvalue weighted by Crippen LogP contribution is 2.35. The van der Waals surface area contributed by atoms with Crippen LogP contribution in [0.4, 0.5) is 0 Å². The number of rotatable bonds is 9. The molecule has 3 aromatic heterocycles. The Bertz CT molecular complexity index is 1710. The van der Waals surface area contributed by atoms with E-state index >= 15 is 0 Å². The van der Waals surface area contributed by atoms with E-state index in [1.54, 1.807) is 17.5 Å². The second-order valence-corrected chi connectivity index (χ2v) is 13.5. The lowest BCUT2D eigenvalue weighted by molar-refractivity contribution is -0.133. The number of aryl methyl sites for hydroxylation is 1. The number of thiophene rings is 1. The monoisotopic (exact) mass is 624 g/mol. The number of morpholine rings is 1. The Kier molecular flexibility index (Phi) is 8.63. The van der Waals surface area contributed by atoms with Crippen molar-refractivity contribution in [1.29, 1.82) is 0 Å². The maximum absolute atomic E-state index is 14.3. The van der Waals surface area contributed by atoms with Gasteiger partial charge in [-0.3, -0.25) is 29.5 Å². The molecule has 3 aliphatic rings. The summed E-state index contributed by atoms with van der Waals surface area (Å²) in [6.07, 6.45) is 5.98. The molecule has 1 aromatic carbocycles. The molecule has 1 unspecified atom stereocenters. The van der Waals surface area contributed by atoms with Gasteiger partial charge < -0.3 is 9.64 Å². The summed E-state index contributed by atoms with van der Waals surface area (Å²) < 4.78 is 5.61. The first-order valence-corrected chi connectivity index (χ1v) is 16.9. The van der Waals surface area contributed by atoms with Gasteiger partial charge in [0.05, 0.1) is 30.7 Å². The van der Waals surface area contributed by atoms with Gasteiger partial charge in [-0.05, 0) is 84.1 Å². The predicted molar refractivity (Wildman–Crippen MR) is 177 cm³/mol. The van der Waals surface area contributed by atoms with Gasteiger partial charge in [0.2, 0.25) is 5.91 Å². The maximum Gasteiger partial charge on any atom is 0.237 e. The molecule has 0 radical (unpaired) electrons. The number of nitrogens with one attached hydrogen (secondary N) is 1. The van der Waals surface area contributed by atoms with Gasteiger partial charge in [0.1, 0.15) is 11.5 Å². The van der Waals surface area contributed by atoms with E-state index < -0.39 is 5.41 Å². The van der Waals surface area contributed by atoms with Gasteiger partial charge in [-0.2, -0.15) is 16.4 Å². The van der Waals surface area contributed by atoms with Gasteiger partial charge in [0.15, 0.2) is 0 Å². The largest absolute Gasteiger partial charge is 0.379 e. The Hall–Kier alpha value is -3.70.